The molecular formula is C19H27N3O4. The Labute approximate surface area is 154 Å². The second-order valence-electron chi connectivity index (χ2n) is 6.78. The van der Waals surface area contributed by atoms with Crippen molar-refractivity contribution in [1.29, 1.82) is 0 Å². The summed E-state index contributed by atoms with van der Waals surface area (Å²) >= 11 is 0. The first-order chi connectivity index (χ1) is 12.7. The van der Waals surface area contributed by atoms with Gasteiger partial charge in [-0.3, -0.25) is 0 Å². The average molecular weight is 361 g/mol. The first kappa shape index (κ1) is 18.5. The molecule has 0 saturated carbocycles. The van der Waals surface area contributed by atoms with Crippen molar-refractivity contribution in [2.24, 2.45) is 5.92 Å². The number of benzene rings is 1. The number of hydrogen-bond donors (Lipinski definition) is 1. The van der Waals surface area contributed by atoms with Crippen LogP contribution >= 0.6 is 0 Å². The Morgan fingerprint density at radius 3 is 2.23 bits per heavy atom. The van der Waals surface area contributed by atoms with E-state index in [2.05, 4.69) is 5.32 Å². The first-order valence-corrected chi connectivity index (χ1v) is 9.30. The van der Waals surface area contributed by atoms with E-state index in [0.717, 1.165) is 31.5 Å². The van der Waals surface area contributed by atoms with Crippen LogP contribution in [-0.2, 0) is 16.1 Å². The van der Waals surface area contributed by atoms with Crippen LogP contribution in [0.3, 0.4) is 0 Å². The van der Waals surface area contributed by atoms with E-state index in [1.807, 2.05) is 30.3 Å². The summed E-state index contributed by atoms with van der Waals surface area (Å²) in [6.45, 7) is 5.04. The zero-order chi connectivity index (χ0) is 18.2. The zero-order valence-electron chi connectivity index (χ0n) is 15.1. The topological polar surface area (TPSA) is 71.1 Å². The maximum absolute atomic E-state index is 12.2. The molecule has 2 aliphatic rings. The number of piperazine rings is 1. The molecule has 7 nitrogen and oxygen atoms in total. The molecular weight excluding hydrogens is 334 g/mol. The summed E-state index contributed by atoms with van der Waals surface area (Å²) in [7, 11) is 0. The van der Waals surface area contributed by atoms with E-state index in [9.17, 15) is 9.59 Å². The van der Waals surface area contributed by atoms with Gasteiger partial charge in [0.15, 0.2) is 0 Å². The number of carbonyl (C=O) groups is 2. The van der Waals surface area contributed by atoms with Crippen LogP contribution in [0.5, 0.6) is 0 Å². The van der Waals surface area contributed by atoms with Gasteiger partial charge >= 0.3 is 12.2 Å². The van der Waals surface area contributed by atoms with Crippen molar-refractivity contribution in [1.82, 2.24) is 15.1 Å². The van der Waals surface area contributed by atoms with Gasteiger partial charge in [-0.25, -0.2) is 9.59 Å². The molecule has 142 valence electrons. The lowest BCUT2D eigenvalue weighted by atomic mass is 9.98. The van der Waals surface area contributed by atoms with E-state index in [1.54, 1.807) is 9.80 Å². The smallest absolute Gasteiger partial charge is 0.410 e. The van der Waals surface area contributed by atoms with Crippen LogP contribution < -0.4 is 5.32 Å². The largest absolute Gasteiger partial charge is 0.449 e. The number of carbonyl (C=O) groups excluding carboxylic acids is 2. The number of hydrogen-bond acceptors (Lipinski definition) is 5. The molecule has 1 N–H and O–H groups in total. The van der Waals surface area contributed by atoms with Crippen molar-refractivity contribution < 1.29 is 19.1 Å². The summed E-state index contributed by atoms with van der Waals surface area (Å²) < 4.78 is 10.8. The van der Waals surface area contributed by atoms with Gasteiger partial charge in [-0.1, -0.05) is 30.3 Å². The van der Waals surface area contributed by atoms with E-state index in [4.69, 9.17) is 9.47 Å². The van der Waals surface area contributed by atoms with Gasteiger partial charge in [-0.05, 0) is 24.3 Å². The third-order valence-electron chi connectivity index (χ3n) is 4.90. The summed E-state index contributed by atoms with van der Waals surface area (Å²) in [5.41, 5.74) is 0.982. The summed E-state index contributed by atoms with van der Waals surface area (Å²) in [5.74, 6) is 0.306. The fraction of sp³-hybridized carbons (Fsp3) is 0.579. The Hall–Kier alpha value is -2.28. The highest BCUT2D eigenvalue weighted by molar-refractivity contribution is 5.68. The average Bonchev–Trinajstić information content (AvgIpc) is 2.72. The second kappa shape index (κ2) is 9.43. The van der Waals surface area contributed by atoms with Gasteiger partial charge in [0.2, 0.25) is 0 Å². The number of piperidine rings is 1. The molecule has 3 rings (SSSR count). The minimum Gasteiger partial charge on any atom is -0.449 e. The van der Waals surface area contributed by atoms with Gasteiger partial charge in [-0.2, -0.15) is 0 Å². The van der Waals surface area contributed by atoms with Crippen LogP contribution in [0.15, 0.2) is 30.3 Å². The fourth-order valence-electron chi connectivity index (χ4n) is 3.22. The van der Waals surface area contributed by atoms with Crippen LogP contribution in [0.4, 0.5) is 9.59 Å². The first-order valence-electron chi connectivity index (χ1n) is 9.30. The minimum atomic E-state index is -0.273. The Balaban J connectivity index is 1.33. The number of likely N-dealkylation sites (tertiary alicyclic amines) is 1. The predicted octanol–water partition coefficient (Wildman–Crippen LogP) is 2.08. The second-order valence-corrected chi connectivity index (χ2v) is 6.78. The van der Waals surface area contributed by atoms with E-state index < -0.39 is 0 Å². The maximum Gasteiger partial charge on any atom is 0.410 e. The molecule has 2 amide bonds. The van der Waals surface area contributed by atoms with E-state index in [0.29, 0.717) is 45.3 Å². The molecule has 0 atom stereocenters. The van der Waals surface area contributed by atoms with Gasteiger partial charge < -0.3 is 24.6 Å². The standard InChI is InChI=1S/C19H27N3O4/c23-18(25-14-16-4-2-1-3-5-16)21-10-6-17(7-11-21)15-26-19(24)22-12-8-20-9-13-22/h1-5,17,20H,6-15H2. The molecule has 1 aromatic rings. The number of nitrogens with zero attached hydrogens (tertiary/aromatic N) is 2. The third kappa shape index (κ3) is 5.36. The minimum absolute atomic E-state index is 0.226. The monoisotopic (exact) mass is 361 g/mol. The molecule has 0 unspecified atom stereocenters. The highest BCUT2D eigenvalue weighted by Gasteiger charge is 2.25. The van der Waals surface area contributed by atoms with Gasteiger partial charge in [0, 0.05) is 39.3 Å². The van der Waals surface area contributed by atoms with Gasteiger partial charge in [-0.15, -0.1) is 0 Å². The van der Waals surface area contributed by atoms with Crippen molar-refractivity contribution in [3.8, 4) is 0 Å². The molecule has 0 spiro atoms. The third-order valence-corrected chi connectivity index (χ3v) is 4.90. The molecule has 2 heterocycles. The fourth-order valence-corrected chi connectivity index (χ4v) is 3.22. The Kier molecular flexibility index (Phi) is 6.71. The van der Waals surface area contributed by atoms with Crippen molar-refractivity contribution in [2.45, 2.75) is 19.4 Å². The van der Waals surface area contributed by atoms with E-state index in [1.165, 1.54) is 0 Å². The van der Waals surface area contributed by atoms with Gasteiger partial charge in [0.25, 0.3) is 0 Å². The van der Waals surface area contributed by atoms with E-state index >= 15 is 0 Å². The summed E-state index contributed by atoms with van der Waals surface area (Å²) in [6.07, 6.45) is 1.16. The van der Waals surface area contributed by atoms with Crippen molar-refractivity contribution in [3.05, 3.63) is 35.9 Å². The van der Waals surface area contributed by atoms with Crippen LogP contribution in [0, 0.1) is 5.92 Å². The quantitative estimate of drug-likeness (QED) is 0.889. The molecule has 26 heavy (non-hydrogen) atoms. The SMILES string of the molecule is O=C(OCc1ccccc1)N1CCC(COC(=O)N2CCNCC2)CC1. The summed E-state index contributed by atoms with van der Waals surface area (Å²) in [6, 6.07) is 9.66. The lowest BCUT2D eigenvalue weighted by Gasteiger charge is -2.32. The predicted molar refractivity (Wildman–Crippen MR) is 96.7 cm³/mol. The zero-order valence-corrected chi connectivity index (χ0v) is 15.1. The normalized spacial score (nSPS) is 18.5. The van der Waals surface area contributed by atoms with Crippen molar-refractivity contribution in [3.63, 3.8) is 0 Å². The number of amides is 2. The number of nitrogens with one attached hydrogen (secondary N) is 1. The van der Waals surface area contributed by atoms with Crippen LogP contribution in [0.25, 0.3) is 0 Å². The molecule has 0 aromatic heterocycles. The maximum atomic E-state index is 12.2. The number of rotatable bonds is 4. The van der Waals surface area contributed by atoms with Gasteiger partial charge in [0.1, 0.15) is 6.61 Å². The molecule has 0 bridgehead atoms. The van der Waals surface area contributed by atoms with Crippen molar-refractivity contribution in [2.75, 3.05) is 45.9 Å². The highest BCUT2D eigenvalue weighted by Crippen LogP contribution is 2.19. The molecule has 2 saturated heterocycles. The Morgan fingerprint density at radius 2 is 1.54 bits per heavy atom. The number of ether oxygens (including phenoxy) is 2. The van der Waals surface area contributed by atoms with E-state index in [-0.39, 0.29) is 12.2 Å². The van der Waals surface area contributed by atoms with Gasteiger partial charge in [0.05, 0.1) is 6.61 Å². The van der Waals surface area contributed by atoms with Crippen molar-refractivity contribution >= 4 is 12.2 Å². The summed E-state index contributed by atoms with van der Waals surface area (Å²) in [4.78, 5) is 27.7. The molecule has 1 aromatic carbocycles. The van der Waals surface area contributed by atoms with Crippen LogP contribution in [0.2, 0.25) is 0 Å². The summed E-state index contributed by atoms with van der Waals surface area (Å²) in [5, 5.41) is 3.21. The van der Waals surface area contributed by atoms with Crippen LogP contribution in [0.1, 0.15) is 18.4 Å². The molecule has 2 aliphatic heterocycles. The Bertz CT molecular complexity index is 582. The Morgan fingerprint density at radius 1 is 0.923 bits per heavy atom. The lowest BCUT2D eigenvalue weighted by Crippen LogP contribution is -2.47. The molecule has 7 heteroatoms. The molecule has 0 radical (unpaired) electrons. The highest BCUT2D eigenvalue weighted by atomic mass is 16.6. The lowest BCUT2D eigenvalue weighted by molar-refractivity contribution is 0.0556. The van der Waals surface area contributed by atoms with Crippen LogP contribution in [-0.4, -0.2) is 67.9 Å². The molecule has 2 fully saturated rings. The molecule has 0 aliphatic carbocycles.